The third-order valence-corrected chi connectivity index (χ3v) is 6.89. The number of amides is 1. The summed E-state index contributed by atoms with van der Waals surface area (Å²) < 4.78 is 61.6. The van der Waals surface area contributed by atoms with E-state index in [-0.39, 0.29) is 36.4 Å². The van der Waals surface area contributed by atoms with Crippen LogP contribution in [-0.4, -0.2) is 69.0 Å². The van der Waals surface area contributed by atoms with Gasteiger partial charge in [-0.3, -0.25) is 9.78 Å². The minimum absolute atomic E-state index is 0.0642. The molecule has 9 nitrogen and oxygen atoms in total. The van der Waals surface area contributed by atoms with Crippen molar-refractivity contribution >= 4 is 33.8 Å². The van der Waals surface area contributed by atoms with Gasteiger partial charge in [-0.1, -0.05) is 11.2 Å². The monoisotopic (exact) mass is 537 g/mol. The molecule has 37 heavy (non-hydrogen) atoms. The highest BCUT2D eigenvalue weighted by Gasteiger charge is 2.32. The number of aromatic nitrogens is 4. The van der Waals surface area contributed by atoms with Gasteiger partial charge >= 0.3 is 6.18 Å². The molecule has 0 radical (unpaired) electrons. The van der Waals surface area contributed by atoms with Gasteiger partial charge in [0.05, 0.1) is 29.8 Å². The van der Waals surface area contributed by atoms with Crippen molar-refractivity contribution in [1.29, 1.82) is 0 Å². The summed E-state index contributed by atoms with van der Waals surface area (Å²) in [6.45, 7) is -0.382. The zero-order valence-electron chi connectivity index (χ0n) is 19.6. The van der Waals surface area contributed by atoms with Crippen molar-refractivity contribution < 1.29 is 26.9 Å². The van der Waals surface area contributed by atoms with Crippen molar-refractivity contribution in [3.8, 4) is 11.6 Å². The molecule has 0 spiro atoms. The van der Waals surface area contributed by atoms with E-state index in [4.69, 9.17) is 4.52 Å². The van der Waals surface area contributed by atoms with Crippen molar-refractivity contribution in [3.63, 3.8) is 0 Å². The highest BCUT2D eigenvalue weighted by atomic mass is 32.1. The summed E-state index contributed by atoms with van der Waals surface area (Å²) in [6.07, 6.45) is -3.66. The van der Waals surface area contributed by atoms with Crippen LogP contribution in [-0.2, 0) is 13.1 Å². The number of carbonyl (C=O) groups is 1. The number of carbonyl (C=O) groups excluding carboxylic acids is 1. The third kappa shape index (κ3) is 5.59. The predicted molar refractivity (Wildman–Crippen MR) is 129 cm³/mol. The first kappa shape index (κ1) is 25.1. The van der Waals surface area contributed by atoms with E-state index in [1.807, 2.05) is 11.9 Å². The van der Waals surface area contributed by atoms with Crippen molar-refractivity contribution in [1.82, 2.24) is 29.9 Å². The zero-order chi connectivity index (χ0) is 26.2. The van der Waals surface area contributed by atoms with E-state index in [2.05, 4.69) is 25.8 Å². The Balaban J connectivity index is 1.45. The van der Waals surface area contributed by atoms with Crippen molar-refractivity contribution in [2.24, 2.45) is 0 Å². The van der Waals surface area contributed by atoms with Gasteiger partial charge < -0.3 is 24.6 Å². The number of piperidine rings is 1. The molecule has 4 aromatic rings. The highest BCUT2D eigenvalue weighted by Crippen LogP contribution is 2.35. The van der Waals surface area contributed by atoms with Gasteiger partial charge in [0.2, 0.25) is 0 Å². The average Bonchev–Trinajstić information content (AvgIpc) is 3.59. The van der Waals surface area contributed by atoms with Gasteiger partial charge in [-0.15, -0.1) is 11.3 Å². The minimum atomic E-state index is -4.52. The number of alkyl halides is 4. The van der Waals surface area contributed by atoms with Crippen LogP contribution >= 0.6 is 11.3 Å². The second kappa shape index (κ2) is 10.1. The molecule has 1 fully saturated rings. The third-order valence-electron chi connectivity index (χ3n) is 6.12. The molecule has 0 saturated carbocycles. The lowest BCUT2D eigenvalue weighted by Crippen LogP contribution is -2.46. The lowest BCUT2D eigenvalue weighted by molar-refractivity contribution is -0.139. The van der Waals surface area contributed by atoms with E-state index in [0.29, 0.717) is 34.4 Å². The van der Waals surface area contributed by atoms with Gasteiger partial charge in [0, 0.05) is 24.2 Å². The number of thiazole rings is 1. The standard InChI is InChI=1S/C23H23F4N7O2S/c1-33-6-5-16(14(24)10-33)30-15-3-2-4-17-13(15)7-18(34(17)11-23(25,26)27)22-31-20(32-36-22)9-29-21(35)19-8-28-12-37-19/h2-4,7-8,12,14,16,30H,5-6,9-11H2,1H3,(H,29,35)/t14-,16+/m1/s1. The Kier molecular flexibility index (Phi) is 6.86. The van der Waals surface area contributed by atoms with Crippen LogP contribution in [0, 0.1) is 0 Å². The van der Waals surface area contributed by atoms with E-state index >= 15 is 0 Å². The molecular weight excluding hydrogens is 514 g/mol. The van der Waals surface area contributed by atoms with Crippen LogP contribution in [0.2, 0.25) is 0 Å². The Morgan fingerprint density at radius 3 is 2.89 bits per heavy atom. The lowest BCUT2D eigenvalue weighted by Gasteiger charge is -2.33. The summed E-state index contributed by atoms with van der Waals surface area (Å²) >= 11 is 1.16. The minimum Gasteiger partial charge on any atom is -0.379 e. The molecule has 1 aliphatic rings. The van der Waals surface area contributed by atoms with Gasteiger partial charge in [-0.05, 0) is 31.7 Å². The number of likely N-dealkylation sites (tertiary alicyclic amines) is 1. The fraction of sp³-hybridized carbons (Fsp3) is 0.391. The topological polar surface area (TPSA) is 101 Å². The summed E-state index contributed by atoms with van der Waals surface area (Å²) in [7, 11) is 1.84. The molecule has 0 aliphatic carbocycles. The maximum absolute atomic E-state index is 14.7. The molecule has 2 N–H and O–H groups in total. The van der Waals surface area contributed by atoms with Crippen LogP contribution in [0.25, 0.3) is 22.5 Å². The Morgan fingerprint density at radius 2 is 2.16 bits per heavy atom. The number of halogens is 4. The second-order valence-corrected chi connectivity index (χ2v) is 9.74. The number of anilines is 1. The Morgan fingerprint density at radius 1 is 1.32 bits per heavy atom. The van der Waals surface area contributed by atoms with E-state index in [1.54, 1.807) is 18.2 Å². The molecule has 2 atom stereocenters. The first-order valence-corrected chi connectivity index (χ1v) is 12.3. The Labute approximate surface area is 212 Å². The van der Waals surface area contributed by atoms with Crippen LogP contribution in [0.3, 0.4) is 0 Å². The molecule has 1 amide bonds. The number of nitrogens with zero attached hydrogens (tertiary/aromatic N) is 5. The predicted octanol–water partition coefficient (Wildman–Crippen LogP) is 4.09. The quantitative estimate of drug-likeness (QED) is 0.343. The zero-order valence-corrected chi connectivity index (χ0v) is 20.4. The van der Waals surface area contributed by atoms with E-state index in [1.165, 1.54) is 17.8 Å². The van der Waals surface area contributed by atoms with Crippen LogP contribution in [0.5, 0.6) is 0 Å². The number of hydrogen-bond donors (Lipinski definition) is 2. The first-order valence-electron chi connectivity index (χ1n) is 11.5. The highest BCUT2D eigenvalue weighted by molar-refractivity contribution is 7.11. The van der Waals surface area contributed by atoms with Crippen LogP contribution in [0.15, 0.2) is 40.5 Å². The van der Waals surface area contributed by atoms with Crippen LogP contribution in [0.4, 0.5) is 23.2 Å². The van der Waals surface area contributed by atoms with Crippen molar-refractivity contribution in [2.75, 3.05) is 25.5 Å². The Bertz CT molecular complexity index is 1390. The second-order valence-electron chi connectivity index (χ2n) is 8.85. The fourth-order valence-electron chi connectivity index (χ4n) is 4.36. The Hall–Kier alpha value is -3.52. The molecule has 1 aliphatic heterocycles. The normalized spacial score (nSPS) is 18.8. The number of fused-ring (bicyclic) bond motifs is 1. The molecule has 14 heteroatoms. The molecule has 196 valence electrons. The maximum atomic E-state index is 14.7. The summed E-state index contributed by atoms with van der Waals surface area (Å²) in [5.74, 6) is -0.409. The molecule has 1 aromatic carbocycles. The van der Waals surface area contributed by atoms with Crippen molar-refractivity contribution in [2.45, 2.75) is 37.9 Å². The fourth-order valence-corrected chi connectivity index (χ4v) is 4.90. The smallest absolute Gasteiger partial charge is 0.379 e. The molecule has 0 bridgehead atoms. The number of rotatable bonds is 7. The van der Waals surface area contributed by atoms with Crippen LogP contribution < -0.4 is 10.6 Å². The van der Waals surface area contributed by atoms with Crippen molar-refractivity contribution in [3.05, 3.63) is 46.7 Å². The number of benzene rings is 1. The SMILES string of the molecule is CN1CC[C@H](Nc2cccc3c2cc(-c2nc(CNC(=O)c4cncs4)no2)n3CC(F)(F)F)[C@H](F)C1. The largest absolute Gasteiger partial charge is 0.406 e. The van der Waals surface area contributed by atoms with Gasteiger partial charge in [0.15, 0.2) is 5.82 Å². The molecule has 0 unspecified atom stereocenters. The average molecular weight is 538 g/mol. The first-order chi connectivity index (χ1) is 17.7. The molecule has 1 saturated heterocycles. The van der Waals surface area contributed by atoms with E-state index < -0.39 is 24.9 Å². The molecular formula is C23H23F4N7O2S. The summed E-state index contributed by atoms with van der Waals surface area (Å²) in [5.41, 5.74) is 2.39. The van der Waals surface area contributed by atoms with E-state index in [0.717, 1.165) is 15.9 Å². The summed E-state index contributed by atoms with van der Waals surface area (Å²) in [5, 5.41) is 10.1. The number of hydrogen-bond acceptors (Lipinski definition) is 8. The number of nitrogens with one attached hydrogen (secondary N) is 2. The van der Waals surface area contributed by atoms with E-state index in [9.17, 15) is 22.4 Å². The summed E-state index contributed by atoms with van der Waals surface area (Å²) in [4.78, 5) is 22.5. The molecule has 3 aromatic heterocycles. The van der Waals surface area contributed by atoms with Gasteiger partial charge in [-0.25, -0.2) is 4.39 Å². The molecule has 5 rings (SSSR count). The van der Waals surface area contributed by atoms with Gasteiger partial charge in [0.25, 0.3) is 11.8 Å². The maximum Gasteiger partial charge on any atom is 0.406 e. The summed E-state index contributed by atoms with van der Waals surface area (Å²) in [6, 6.07) is 5.96. The van der Waals surface area contributed by atoms with Gasteiger partial charge in [0.1, 0.15) is 23.3 Å². The molecule has 4 heterocycles. The van der Waals surface area contributed by atoms with Crippen LogP contribution in [0.1, 0.15) is 21.9 Å². The van der Waals surface area contributed by atoms with Gasteiger partial charge in [-0.2, -0.15) is 18.2 Å². The lowest BCUT2D eigenvalue weighted by atomic mass is 10.0.